The lowest BCUT2D eigenvalue weighted by Gasteiger charge is -2.19. The van der Waals surface area contributed by atoms with Gasteiger partial charge in [0.05, 0.1) is 23.7 Å². The molecule has 0 heterocycles. The summed E-state index contributed by atoms with van der Waals surface area (Å²) in [5.41, 5.74) is 2.59. The van der Waals surface area contributed by atoms with Crippen LogP contribution in [0.5, 0.6) is 0 Å². The van der Waals surface area contributed by atoms with Crippen molar-refractivity contribution in [3.8, 4) is 0 Å². The van der Waals surface area contributed by atoms with E-state index in [0.29, 0.717) is 19.8 Å². The molecule has 0 saturated heterocycles. The molecule has 0 aromatic carbocycles. The van der Waals surface area contributed by atoms with Crippen LogP contribution in [0.4, 0.5) is 0 Å². The van der Waals surface area contributed by atoms with Crippen LogP contribution in [0.2, 0.25) is 0 Å². The van der Waals surface area contributed by atoms with Crippen molar-refractivity contribution < 1.29 is 18.0 Å². The quantitative estimate of drug-likeness (QED) is 0.513. The Hall–Kier alpha value is -0.170. The van der Waals surface area contributed by atoms with Crippen LogP contribution in [0.3, 0.4) is 0 Å². The number of hydrogen-bond donors (Lipinski definition) is 1. The lowest BCUT2D eigenvalue weighted by Crippen LogP contribution is -2.35. The van der Waals surface area contributed by atoms with Crippen molar-refractivity contribution in [3.05, 3.63) is 0 Å². The molecule has 0 saturated carbocycles. The minimum Gasteiger partial charge on any atom is -0.382 e. The van der Waals surface area contributed by atoms with Gasteiger partial charge in [-0.15, -0.1) is 0 Å². The largest absolute Gasteiger partial charge is 0.382 e. The Balaban J connectivity index is 3.69. The topological polar surface area (TPSA) is 64.6 Å². The third-order valence-corrected chi connectivity index (χ3v) is 4.51. The third-order valence-electron chi connectivity index (χ3n) is 1.90. The summed E-state index contributed by atoms with van der Waals surface area (Å²) in [7, 11) is -1.49. The van der Waals surface area contributed by atoms with E-state index in [1.54, 1.807) is 27.9 Å². The summed E-state index contributed by atoms with van der Waals surface area (Å²) in [5, 5.41) is 0. The molecular formula is C9H21NO4S. The second kappa shape index (κ2) is 6.42. The highest BCUT2D eigenvalue weighted by Gasteiger charge is 2.28. The van der Waals surface area contributed by atoms with Crippen molar-refractivity contribution in [2.75, 3.05) is 32.6 Å². The van der Waals surface area contributed by atoms with Crippen LogP contribution in [0.25, 0.3) is 0 Å². The summed E-state index contributed by atoms with van der Waals surface area (Å²) < 4.78 is 27.3. The predicted molar refractivity (Wildman–Crippen MR) is 59.4 cm³/mol. The summed E-state index contributed by atoms with van der Waals surface area (Å²) in [4.78, 5) is 4.94. The summed E-state index contributed by atoms with van der Waals surface area (Å²) in [5.74, 6) is 0.0729. The van der Waals surface area contributed by atoms with E-state index < -0.39 is 14.6 Å². The lowest BCUT2D eigenvalue weighted by atomic mass is 10.3. The average molecular weight is 239 g/mol. The number of nitrogens with one attached hydrogen (secondary N) is 1. The zero-order valence-electron chi connectivity index (χ0n) is 9.87. The van der Waals surface area contributed by atoms with E-state index in [0.717, 1.165) is 0 Å². The fraction of sp³-hybridized carbons (Fsp3) is 1.00. The van der Waals surface area contributed by atoms with Gasteiger partial charge in [0.25, 0.3) is 0 Å². The number of methoxy groups -OCH3 is 1. The summed E-state index contributed by atoms with van der Waals surface area (Å²) in [6, 6.07) is 0. The first-order valence-corrected chi connectivity index (χ1v) is 6.52. The van der Waals surface area contributed by atoms with Crippen LogP contribution in [0.15, 0.2) is 0 Å². The zero-order valence-corrected chi connectivity index (χ0v) is 10.7. The van der Waals surface area contributed by atoms with E-state index in [2.05, 4.69) is 5.48 Å². The van der Waals surface area contributed by atoms with Gasteiger partial charge in [-0.3, -0.25) is 4.84 Å². The average Bonchev–Trinajstić information content (AvgIpc) is 2.09. The summed E-state index contributed by atoms with van der Waals surface area (Å²) >= 11 is 0. The second-order valence-electron chi connectivity index (χ2n) is 4.17. The predicted octanol–water partition coefficient (Wildman–Crippen LogP) is 0.367. The lowest BCUT2D eigenvalue weighted by molar-refractivity contribution is 0.00975. The molecule has 0 unspecified atom stereocenters. The molecule has 15 heavy (non-hydrogen) atoms. The Bertz CT molecular complexity index is 256. The first-order valence-electron chi connectivity index (χ1n) is 4.87. The van der Waals surface area contributed by atoms with Gasteiger partial charge < -0.3 is 4.74 Å². The number of hydroxylamine groups is 1. The SMILES string of the molecule is COCCONCCS(=O)(=O)C(C)(C)C. The maximum Gasteiger partial charge on any atom is 0.156 e. The van der Waals surface area contributed by atoms with Gasteiger partial charge in [0, 0.05) is 13.7 Å². The van der Waals surface area contributed by atoms with E-state index >= 15 is 0 Å². The molecule has 92 valence electrons. The molecule has 0 radical (unpaired) electrons. The molecule has 0 fully saturated rings. The van der Waals surface area contributed by atoms with Crippen LogP contribution in [-0.4, -0.2) is 45.8 Å². The molecule has 1 N–H and O–H groups in total. The Kier molecular flexibility index (Phi) is 6.35. The highest BCUT2D eigenvalue weighted by Crippen LogP contribution is 2.14. The molecule has 0 atom stereocenters. The monoisotopic (exact) mass is 239 g/mol. The van der Waals surface area contributed by atoms with Gasteiger partial charge in [-0.25, -0.2) is 13.9 Å². The number of ether oxygens (including phenoxy) is 1. The number of hydrogen-bond acceptors (Lipinski definition) is 5. The maximum absolute atomic E-state index is 11.6. The van der Waals surface area contributed by atoms with Crippen LogP contribution in [-0.2, 0) is 19.4 Å². The van der Waals surface area contributed by atoms with E-state index in [1.807, 2.05) is 0 Å². The molecule has 5 nitrogen and oxygen atoms in total. The Morgan fingerprint density at radius 2 is 1.80 bits per heavy atom. The Labute approximate surface area is 92.0 Å². The fourth-order valence-corrected chi connectivity index (χ4v) is 1.72. The van der Waals surface area contributed by atoms with Crippen molar-refractivity contribution in [3.63, 3.8) is 0 Å². The van der Waals surface area contributed by atoms with Crippen LogP contribution >= 0.6 is 0 Å². The van der Waals surface area contributed by atoms with Gasteiger partial charge in [0.15, 0.2) is 9.84 Å². The van der Waals surface area contributed by atoms with Crippen LogP contribution in [0.1, 0.15) is 20.8 Å². The number of sulfone groups is 1. The molecule has 0 rings (SSSR count). The summed E-state index contributed by atoms with van der Waals surface area (Å²) in [6.45, 7) is 6.25. The highest BCUT2D eigenvalue weighted by atomic mass is 32.2. The molecule has 0 aromatic heterocycles. The molecule has 6 heteroatoms. The summed E-state index contributed by atoms with van der Waals surface area (Å²) in [6.07, 6.45) is 0. The second-order valence-corrected chi connectivity index (χ2v) is 7.03. The zero-order chi connectivity index (χ0) is 11.9. The normalized spacial score (nSPS) is 13.1. The molecule has 0 aliphatic heterocycles. The van der Waals surface area contributed by atoms with Crippen molar-refractivity contribution in [1.29, 1.82) is 0 Å². The van der Waals surface area contributed by atoms with Gasteiger partial charge in [-0.05, 0) is 20.8 Å². The first kappa shape index (κ1) is 14.8. The molecule has 0 amide bonds. The molecule has 0 aliphatic carbocycles. The van der Waals surface area contributed by atoms with E-state index in [-0.39, 0.29) is 5.75 Å². The van der Waals surface area contributed by atoms with Gasteiger partial charge in [-0.2, -0.15) is 0 Å². The molecular weight excluding hydrogens is 218 g/mol. The molecule has 0 spiro atoms. The first-order chi connectivity index (χ1) is 6.81. The fourth-order valence-electron chi connectivity index (χ4n) is 0.752. The minimum atomic E-state index is -3.06. The maximum atomic E-state index is 11.6. The standard InChI is InChI=1S/C9H21NO4S/c1-9(2,3)15(11,12)8-5-10-14-7-6-13-4/h10H,5-8H2,1-4H3. The highest BCUT2D eigenvalue weighted by molar-refractivity contribution is 7.92. The molecule has 0 bridgehead atoms. The van der Waals surface area contributed by atoms with Crippen LogP contribution < -0.4 is 5.48 Å². The molecule has 0 aliphatic rings. The third kappa shape index (κ3) is 6.09. The Morgan fingerprint density at radius 1 is 1.20 bits per heavy atom. The van der Waals surface area contributed by atoms with Gasteiger partial charge >= 0.3 is 0 Å². The van der Waals surface area contributed by atoms with Gasteiger partial charge in [0.2, 0.25) is 0 Å². The van der Waals surface area contributed by atoms with Gasteiger partial charge in [0.1, 0.15) is 0 Å². The van der Waals surface area contributed by atoms with E-state index in [1.165, 1.54) is 0 Å². The number of rotatable bonds is 7. The van der Waals surface area contributed by atoms with Crippen molar-refractivity contribution in [2.45, 2.75) is 25.5 Å². The molecule has 0 aromatic rings. The van der Waals surface area contributed by atoms with Crippen molar-refractivity contribution in [2.24, 2.45) is 0 Å². The van der Waals surface area contributed by atoms with Crippen LogP contribution in [0, 0.1) is 0 Å². The van der Waals surface area contributed by atoms with Crippen molar-refractivity contribution >= 4 is 9.84 Å². The Morgan fingerprint density at radius 3 is 2.27 bits per heavy atom. The van der Waals surface area contributed by atoms with E-state index in [9.17, 15) is 8.42 Å². The van der Waals surface area contributed by atoms with Gasteiger partial charge in [-0.1, -0.05) is 0 Å². The smallest absolute Gasteiger partial charge is 0.156 e. The minimum absolute atomic E-state index is 0.0729. The van der Waals surface area contributed by atoms with E-state index in [4.69, 9.17) is 9.57 Å². The van der Waals surface area contributed by atoms with Crippen molar-refractivity contribution in [1.82, 2.24) is 5.48 Å².